The minimum atomic E-state index is -3.22. The maximum absolute atomic E-state index is 11.2. The Bertz CT molecular complexity index is 558. The molecule has 1 N–H and O–H groups in total. The summed E-state index contributed by atoms with van der Waals surface area (Å²) in [6.45, 7) is 5.04. The molecule has 0 aliphatic rings. The van der Waals surface area contributed by atoms with Gasteiger partial charge in [0.1, 0.15) is 0 Å². The summed E-state index contributed by atoms with van der Waals surface area (Å²) in [7, 11) is 0. The average Bonchev–Trinajstić information content (AvgIpc) is 2.10. The van der Waals surface area contributed by atoms with Gasteiger partial charge in [0.05, 0.1) is 4.92 Å². The van der Waals surface area contributed by atoms with Gasteiger partial charge in [0.15, 0.2) is 0 Å². The van der Waals surface area contributed by atoms with Gasteiger partial charge in [-0.1, -0.05) is 0 Å². The van der Waals surface area contributed by atoms with Crippen molar-refractivity contribution in [3.05, 3.63) is 37.3 Å². The third-order valence-electron chi connectivity index (χ3n) is 2.18. The lowest BCUT2D eigenvalue weighted by atomic mass is 10.1. The summed E-state index contributed by atoms with van der Waals surface area (Å²) in [5.74, 6) is 0. The molecule has 6 nitrogen and oxygen atoms in total. The van der Waals surface area contributed by atoms with Gasteiger partial charge in [-0.05, 0) is 60.1 Å². The van der Waals surface area contributed by atoms with E-state index in [4.69, 9.17) is 0 Å². The van der Waals surface area contributed by atoms with E-state index in [1.54, 1.807) is 20.8 Å². The van der Waals surface area contributed by atoms with Crippen LogP contribution in [0.3, 0.4) is 0 Å². The zero-order chi connectivity index (χ0) is 14.7. The second-order valence-electron chi connectivity index (χ2n) is 3.33. The third kappa shape index (κ3) is 5.87. The molecule has 1 aromatic heterocycles. The molecule has 1 rings (SSSR count). The lowest BCUT2D eigenvalue weighted by Crippen LogP contribution is -2.15. The van der Waals surface area contributed by atoms with Gasteiger partial charge in [-0.25, -0.2) is 0 Å². The monoisotopic (exact) mass is 334 g/mol. The highest BCUT2D eigenvalue weighted by atomic mass is 36.0. The van der Waals surface area contributed by atoms with Crippen molar-refractivity contribution in [2.24, 2.45) is 0 Å². The Balaban J connectivity index is 0.000000494. The van der Waals surface area contributed by atoms with Gasteiger partial charge in [0.25, 0.3) is 0 Å². The number of pyridine rings is 1. The van der Waals surface area contributed by atoms with Crippen LogP contribution in [0.2, 0.25) is 0 Å². The van der Waals surface area contributed by atoms with E-state index in [-0.39, 0.29) is 5.69 Å². The van der Waals surface area contributed by atoms with E-state index in [1.807, 2.05) is 0 Å². The standard InChI is InChI=1S/C8H10N2O3.Cl3OP/c1-4-5(2)7(10(12)13)8(11)9-6(4)3;1-5(2,3)4/h1-3H3,(H,9,11);. The molecule has 1 aromatic rings. The summed E-state index contributed by atoms with van der Waals surface area (Å²) < 4.78 is 9.51. The van der Waals surface area contributed by atoms with Crippen LogP contribution in [0, 0.1) is 30.9 Å². The number of hydrogen-bond acceptors (Lipinski definition) is 4. The van der Waals surface area contributed by atoms with Crippen molar-refractivity contribution in [2.45, 2.75) is 20.8 Å². The smallest absolute Gasteiger partial charge is 0.320 e. The molecule has 0 saturated heterocycles. The molecule has 0 aromatic carbocycles. The lowest BCUT2D eigenvalue weighted by molar-refractivity contribution is -0.386. The Kier molecular flexibility index (Phi) is 6.37. The summed E-state index contributed by atoms with van der Waals surface area (Å²) in [6.07, 6.45) is 0. The van der Waals surface area contributed by atoms with Gasteiger partial charge in [-0.2, -0.15) is 0 Å². The maximum Gasteiger partial charge on any atom is 0.339 e. The van der Waals surface area contributed by atoms with Crippen molar-refractivity contribution >= 4 is 44.6 Å². The highest BCUT2D eigenvalue weighted by molar-refractivity contribution is 8.24. The van der Waals surface area contributed by atoms with Crippen LogP contribution in [0.1, 0.15) is 16.8 Å². The zero-order valence-corrected chi connectivity index (χ0v) is 12.8. The fraction of sp³-hybridized carbons (Fsp3) is 0.375. The number of aromatic nitrogens is 1. The van der Waals surface area contributed by atoms with E-state index >= 15 is 0 Å². The summed E-state index contributed by atoms with van der Waals surface area (Å²) in [4.78, 5) is 23.4. The number of rotatable bonds is 1. The number of nitrogens with zero attached hydrogens (tertiary/aromatic N) is 1. The van der Waals surface area contributed by atoms with E-state index in [1.165, 1.54) is 0 Å². The Morgan fingerprint density at radius 3 is 1.89 bits per heavy atom. The highest BCUT2D eigenvalue weighted by Gasteiger charge is 2.18. The van der Waals surface area contributed by atoms with Gasteiger partial charge in [-0.3, -0.25) is 19.5 Å². The van der Waals surface area contributed by atoms with Crippen molar-refractivity contribution in [1.82, 2.24) is 4.98 Å². The van der Waals surface area contributed by atoms with E-state index in [2.05, 4.69) is 38.7 Å². The molecule has 0 saturated carbocycles. The fourth-order valence-electron chi connectivity index (χ4n) is 1.17. The SMILES string of the molecule is Cc1[nH]c(=O)c([N+](=O)[O-])c(C)c1C.O=P(Cl)(Cl)Cl. The minimum Gasteiger partial charge on any atom is -0.320 e. The summed E-state index contributed by atoms with van der Waals surface area (Å²) in [6, 6.07) is 0. The first-order valence-corrected chi connectivity index (χ1v) is 8.90. The molecular weight excluding hydrogens is 325 g/mol. The van der Waals surface area contributed by atoms with Crippen molar-refractivity contribution in [2.75, 3.05) is 0 Å². The van der Waals surface area contributed by atoms with Crippen LogP contribution >= 0.6 is 38.9 Å². The number of nitro groups is 1. The second-order valence-corrected chi connectivity index (χ2v) is 9.97. The molecular formula is C8H10Cl3N2O4P. The largest absolute Gasteiger partial charge is 0.339 e. The van der Waals surface area contributed by atoms with Gasteiger partial charge in [0, 0.05) is 11.3 Å². The molecule has 1 heterocycles. The van der Waals surface area contributed by atoms with E-state index < -0.39 is 15.7 Å². The van der Waals surface area contributed by atoms with Crippen molar-refractivity contribution < 1.29 is 9.49 Å². The van der Waals surface area contributed by atoms with Crippen molar-refractivity contribution in [3.8, 4) is 0 Å². The fourth-order valence-corrected chi connectivity index (χ4v) is 1.17. The predicted octanol–water partition coefficient (Wildman–Crippen LogP) is 4.02. The molecule has 0 bridgehead atoms. The highest BCUT2D eigenvalue weighted by Crippen LogP contribution is 2.61. The number of halogens is 3. The first-order chi connectivity index (χ1) is 7.95. The molecule has 10 heteroatoms. The Morgan fingerprint density at radius 1 is 1.17 bits per heavy atom. The van der Waals surface area contributed by atoms with Crippen molar-refractivity contribution in [3.63, 3.8) is 0 Å². The first-order valence-electron chi connectivity index (χ1n) is 4.48. The topological polar surface area (TPSA) is 93.1 Å². The van der Waals surface area contributed by atoms with Gasteiger partial charge >= 0.3 is 16.4 Å². The van der Waals surface area contributed by atoms with Crippen LogP contribution in [-0.4, -0.2) is 9.91 Å². The lowest BCUT2D eigenvalue weighted by Gasteiger charge is -2.03. The summed E-state index contributed by atoms with van der Waals surface area (Å²) in [5, 5.41) is 7.27. The quantitative estimate of drug-likeness (QED) is 0.476. The Hall–Kier alpha value is -0.550. The number of hydrogen-bond donors (Lipinski definition) is 1. The third-order valence-corrected chi connectivity index (χ3v) is 2.18. The predicted molar refractivity (Wildman–Crippen MR) is 73.1 cm³/mol. The number of aromatic amines is 1. The van der Waals surface area contributed by atoms with E-state index in [0.29, 0.717) is 11.3 Å². The minimum absolute atomic E-state index is 0.358. The van der Waals surface area contributed by atoms with Crippen LogP contribution in [0.15, 0.2) is 4.79 Å². The first kappa shape index (κ1) is 17.4. The second kappa shape index (κ2) is 6.57. The molecule has 0 radical (unpaired) electrons. The van der Waals surface area contributed by atoms with Crippen LogP contribution in [0.4, 0.5) is 5.69 Å². The summed E-state index contributed by atoms with van der Waals surface area (Å²) >= 11 is 13.8. The molecule has 0 fully saturated rings. The number of nitrogens with one attached hydrogen (secondary N) is 1. The van der Waals surface area contributed by atoms with E-state index in [0.717, 1.165) is 5.56 Å². The molecule has 0 atom stereocenters. The molecule has 0 amide bonds. The molecule has 0 aliphatic carbocycles. The molecule has 18 heavy (non-hydrogen) atoms. The number of aryl methyl sites for hydroxylation is 1. The van der Waals surface area contributed by atoms with Crippen LogP contribution in [0.5, 0.6) is 0 Å². The van der Waals surface area contributed by atoms with Crippen LogP contribution < -0.4 is 5.56 Å². The molecule has 0 spiro atoms. The number of H-pyrrole nitrogens is 1. The van der Waals surface area contributed by atoms with Gasteiger partial charge in [0.2, 0.25) is 0 Å². The average molecular weight is 336 g/mol. The Labute approximate surface area is 117 Å². The molecule has 102 valence electrons. The van der Waals surface area contributed by atoms with Crippen molar-refractivity contribution in [1.29, 1.82) is 0 Å². The molecule has 0 unspecified atom stereocenters. The normalized spacial score (nSPS) is 10.6. The Morgan fingerprint density at radius 2 is 1.56 bits per heavy atom. The zero-order valence-electron chi connectivity index (χ0n) is 9.66. The maximum atomic E-state index is 11.2. The van der Waals surface area contributed by atoms with E-state index in [9.17, 15) is 19.5 Å². The van der Waals surface area contributed by atoms with Gasteiger partial charge < -0.3 is 4.98 Å². The van der Waals surface area contributed by atoms with Crippen LogP contribution in [0.25, 0.3) is 0 Å². The summed E-state index contributed by atoms with van der Waals surface area (Å²) in [5.41, 5.74) is 0.874. The molecule has 0 aliphatic heterocycles. The van der Waals surface area contributed by atoms with Crippen LogP contribution in [-0.2, 0) is 4.57 Å². The van der Waals surface area contributed by atoms with Gasteiger partial charge in [-0.15, -0.1) is 0 Å².